The van der Waals surface area contributed by atoms with Crippen LogP contribution in [0.5, 0.6) is 0 Å². The Morgan fingerprint density at radius 1 is 1.21 bits per heavy atom. The summed E-state index contributed by atoms with van der Waals surface area (Å²) in [7, 11) is 0. The Hall–Kier alpha value is -0.480. The second kappa shape index (κ2) is 3.95. The van der Waals surface area contributed by atoms with E-state index in [1.807, 2.05) is 0 Å². The quantitative estimate of drug-likeness (QED) is 0.514. The third-order valence-electron chi connectivity index (χ3n) is 1.60. The molecule has 0 radical (unpaired) electrons. The minimum atomic E-state index is -4.64. The van der Waals surface area contributed by atoms with Crippen LogP contribution in [0.25, 0.3) is 0 Å². The third kappa shape index (κ3) is 2.30. The molecule has 0 nitrogen and oxygen atoms in total. The van der Waals surface area contributed by atoms with Gasteiger partial charge in [-0.2, -0.15) is 13.2 Å². The predicted octanol–water partition coefficient (Wildman–Crippen LogP) is 4.24. The second-order valence-corrected chi connectivity index (χ2v) is 3.22. The van der Waals surface area contributed by atoms with Crippen LogP contribution in [0, 0.1) is 5.82 Å². The van der Waals surface area contributed by atoms with Crippen molar-refractivity contribution in [3.05, 3.63) is 34.1 Å². The Kier molecular flexibility index (Phi) is 3.27. The molecule has 6 heteroatoms. The third-order valence-corrected chi connectivity index (χ3v) is 2.20. The van der Waals surface area contributed by atoms with E-state index in [4.69, 9.17) is 23.2 Å². The molecule has 0 fully saturated rings. The first-order valence-electron chi connectivity index (χ1n) is 3.47. The van der Waals surface area contributed by atoms with Gasteiger partial charge in [-0.05, 0) is 17.7 Å². The second-order valence-electron chi connectivity index (χ2n) is 2.55. The molecule has 0 saturated heterocycles. The molecule has 0 amide bonds. The fraction of sp³-hybridized carbons (Fsp3) is 0.250. The lowest BCUT2D eigenvalue weighted by Crippen LogP contribution is -2.09. The number of hydrogen-bond acceptors (Lipinski definition) is 0. The largest absolute Gasteiger partial charge is 0.416 e. The molecular weight excluding hydrogens is 243 g/mol. The van der Waals surface area contributed by atoms with Gasteiger partial charge in [0.25, 0.3) is 0 Å². The van der Waals surface area contributed by atoms with Gasteiger partial charge < -0.3 is 0 Å². The van der Waals surface area contributed by atoms with E-state index in [1.165, 1.54) is 0 Å². The first kappa shape index (κ1) is 11.6. The molecule has 1 aromatic rings. The van der Waals surface area contributed by atoms with E-state index in [0.717, 1.165) is 6.07 Å². The maximum absolute atomic E-state index is 12.6. The first-order chi connectivity index (χ1) is 6.36. The zero-order chi connectivity index (χ0) is 10.9. The summed E-state index contributed by atoms with van der Waals surface area (Å²) in [6.45, 7) is 0. The van der Waals surface area contributed by atoms with Crippen LogP contribution < -0.4 is 0 Å². The maximum Gasteiger partial charge on any atom is 0.416 e. The van der Waals surface area contributed by atoms with Crippen molar-refractivity contribution in [3.8, 4) is 0 Å². The van der Waals surface area contributed by atoms with Crippen molar-refractivity contribution in [2.45, 2.75) is 12.1 Å². The zero-order valence-electron chi connectivity index (χ0n) is 6.63. The van der Waals surface area contributed by atoms with E-state index in [-0.39, 0.29) is 10.6 Å². The first-order valence-corrected chi connectivity index (χ1v) is 4.38. The molecule has 0 aliphatic carbocycles. The predicted molar refractivity (Wildman–Crippen MR) is 46.0 cm³/mol. The number of benzene rings is 1. The van der Waals surface area contributed by atoms with Gasteiger partial charge in [0.2, 0.25) is 0 Å². The molecule has 0 aliphatic rings. The lowest BCUT2D eigenvalue weighted by Gasteiger charge is -2.12. The molecule has 0 unspecified atom stereocenters. The number of rotatable bonds is 1. The van der Waals surface area contributed by atoms with E-state index in [1.54, 1.807) is 0 Å². The minimum Gasteiger partial charge on any atom is -0.207 e. The SMILES string of the molecule is Fc1cc(Cl)c(CCl)c(C(F)(F)F)c1. The minimum absolute atomic E-state index is 0.303. The Bertz CT molecular complexity index is 346. The van der Waals surface area contributed by atoms with Crippen molar-refractivity contribution in [2.75, 3.05) is 0 Å². The van der Waals surface area contributed by atoms with Gasteiger partial charge in [0.05, 0.1) is 5.56 Å². The smallest absolute Gasteiger partial charge is 0.207 e. The summed E-state index contributed by atoms with van der Waals surface area (Å²) < 4.78 is 49.6. The highest BCUT2D eigenvalue weighted by molar-refractivity contribution is 6.32. The van der Waals surface area contributed by atoms with Crippen LogP contribution in [0.4, 0.5) is 17.6 Å². The number of hydrogen-bond donors (Lipinski definition) is 0. The van der Waals surface area contributed by atoms with Crippen molar-refractivity contribution < 1.29 is 17.6 Å². The summed E-state index contributed by atoms with van der Waals surface area (Å²) in [6, 6.07) is 1.18. The fourth-order valence-corrected chi connectivity index (χ4v) is 1.62. The maximum atomic E-state index is 12.6. The highest BCUT2D eigenvalue weighted by atomic mass is 35.5. The van der Waals surface area contributed by atoms with Gasteiger partial charge >= 0.3 is 6.18 Å². The summed E-state index contributed by atoms with van der Waals surface area (Å²) in [4.78, 5) is 0. The van der Waals surface area contributed by atoms with E-state index in [9.17, 15) is 17.6 Å². The van der Waals surface area contributed by atoms with Gasteiger partial charge in [-0.3, -0.25) is 0 Å². The van der Waals surface area contributed by atoms with Crippen molar-refractivity contribution in [2.24, 2.45) is 0 Å². The van der Waals surface area contributed by atoms with E-state index < -0.39 is 23.4 Å². The Morgan fingerprint density at radius 2 is 1.79 bits per heavy atom. The summed E-state index contributed by atoms with van der Waals surface area (Å²) >= 11 is 10.7. The molecule has 0 bridgehead atoms. The molecule has 0 N–H and O–H groups in total. The van der Waals surface area contributed by atoms with Crippen LogP contribution in [0.3, 0.4) is 0 Å². The molecule has 1 aromatic carbocycles. The van der Waals surface area contributed by atoms with E-state index >= 15 is 0 Å². The monoisotopic (exact) mass is 246 g/mol. The molecule has 0 aliphatic heterocycles. The molecule has 0 aromatic heterocycles. The standard InChI is InChI=1S/C8H4Cl2F4/c9-3-5-6(8(12,13)14)1-4(11)2-7(5)10/h1-2H,3H2. The highest BCUT2D eigenvalue weighted by Crippen LogP contribution is 2.36. The average Bonchev–Trinajstić information content (AvgIpc) is 2.01. The van der Waals surface area contributed by atoms with Crippen molar-refractivity contribution in [1.82, 2.24) is 0 Å². The number of halogens is 6. The molecule has 1 rings (SSSR count). The lowest BCUT2D eigenvalue weighted by molar-refractivity contribution is -0.138. The van der Waals surface area contributed by atoms with Gasteiger partial charge in [0, 0.05) is 10.9 Å². The normalized spacial score (nSPS) is 11.9. The Labute approximate surface area is 87.4 Å². The molecular formula is C8H4Cl2F4. The van der Waals surface area contributed by atoms with Crippen LogP contribution in [-0.4, -0.2) is 0 Å². The molecule has 14 heavy (non-hydrogen) atoms. The lowest BCUT2D eigenvalue weighted by atomic mass is 10.1. The summed E-state index contributed by atoms with van der Waals surface area (Å²) in [5.74, 6) is -1.44. The summed E-state index contributed by atoms with van der Waals surface area (Å²) in [5.41, 5.74) is -1.43. The Morgan fingerprint density at radius 3 is 2.21 bits per heavy atom. The zero-order valence-corrected chi connectivity index (χ0v) is 8.14. The van der Waals surface area contributed by atoms with E-state index in [0.29, 0.717) is 6.07 Å². The van der Waals surface area contributed by atoms with E-state index in [2.05, 4.69) is 0 Å². The number of alkyl halides is 4. The van der Waals surface area contributed by atoms with Gasteiger partial charge in [-0.1, -0.05) is 11.6 Å². The van der Waals surface area contributed by atoms with Gasteiger partial charge in [-0.25, -0.2) is 4.39 Å². The van der Waals surface area contributed by atoms with Gasteiger partial charge in [0.15, 0.2) is 0 Å². The fourth-order valence-electron chi connectivity index (χ4n) is 0.992. The van der Waals surface area contributed by atoms with Gasteiger partial charge in [-0.15, -0.1) is 11.6 Å². The molecule has 0 spiro atoms. The molecule has 78 valence electrons. The summed E-state index contributed by atoms with van der Waals surface area (Å²) in [5, 5.41) is -0.313. The summed E-state index contributed by atoms with van der Waals surface area (Å²) in [6.07, 6.45) is -4.64. The van der Waals surface area contributed by atoms with Crippen LogP contribution in [0.15, 0.2) is 12.1 Å². The van der Waals surface area contributed by atoms with Crippen molar-refractivity contribution in [3.63, 3.8) is 0 Å². The van der Waals surface area contributed by atoms with Crippen LogP contribution >= 0.6 is 23.2 Å². The topological polar surface area (TPSA) is 0 Å². The van der Waals surface area contributed by atoms with Crippen LogP contribution in [-0.2, 0) is 12.1 Å². The van der Waals surface area contributed by atoms with Crippen molar-refractivity contribution >= 4 is 23.2 Å². The van der Waals surface area contributed by atoms with Crippen LogP contribution in [0.1, 0.15) is 11.1 Å². The average molecular weight is 247 g/mol. The van der Waals surface area contributed by atoms with Gasteiger partial charge in [0.1, 0.15) is 5.82 Å². The molecule has 0 atom stereocenters. The highest BCUT2D eigenvalue weighted by Gasteiger charge is 2.34. The molecule has 0 saturated carbocycles. The van der Waals surface area contributed by atoms with Crippen LogP contribution in [0.2, 0.25) is 5.02 Å². The Balaban J connectivity index is 3.40. The van der Waals surface area contributed by atoms with Crippen molar-refractivity contribution in [1.29, 1.82) is 0 Å². The molecule has 0 heterocycles.